The second-order valence-corrected chi connectivity index (χ2v) is 4.56. The number of benzene rings is 1. The number of aromatic nitrogens is 2. The normalized spacial score (nSPS) is 20.0. The van der Waals surface area contributed by atoms with Crippen LogP contribution in [0.25, 0.3) is 10.9 Å². The maximum Gasteiger partial charge on any atom is 0.121 e. The van der Waals surface area contributed by atoms with E-state index in [9.17, 15) is 0 Å². The Hall–Kier alpha value is -1.55. The minimum Gasteiger partial charge on any atom is -0.497 e. The van der Waals surface area contributed by atoms with Crippen molar-refractivity contribution in [3.63, 3.8) is 0 Å². The molecule has 2 aromatic rings. The van der Waals surface area contributed by atoms with Crippen molar-refractivity contribution in [1.29, 1.82) is 0 Å². The van der Waals surface area contributed by atoms with Gasteiger partial charge in [0.2, 0.25) is 0 Å². The summed E-state index contributed by atoms with van der Waals surface area (Å²) in [6.45, 7) is 4.15. The van der Waals surface area contributed by atoms with Crippen LogP contribution in [-0.4, -0.2) is 30.0 Å². The molecular weight excluding hydrogens is 214 g/mol. The molecule has 0 spiro atoms. The molecule has 0 aliphatic carbocycles. The molecule has 3 rings (SSSR count). The predicted molar refractivity (Wildman–Crippen MR) is 67.5 cm³/mol. The molecule has 4 nitrogen and oxygen atoms in total. The molecule has 1 aliphatic heterocycles. The Morgan fingerprint density at radius 3 is 3.06 bits per heavy atom. The highest BCUT2D eigenvalue weighted by Gasteiger charge is 2.20. The fraction of sp³-hybridized carbons (Fsp3) is 0.462. The highest BCUT2D eigenvalue weighted by molar-refractivity contribution is 5.83. The second-order valence-electron chi connectivity index (χ2n) is 4.56. The van der Waals surface area contributed by atoms with E-state index in [4.69, 9.17) is 4.74 Å². The van der Waals surface area contributed by atoms with Gasteiger partial charge in [-0.3, -0.25) is 4.68 Å². The lowest BCUT2D eigenvalue weighted by atomic mass is 10.2. The van der Waals surface area contributed by atoms with Gasteiger partial charge in [-0.1, -0.05) is 0 Å². The van der Waals surface area contributed by atoms with Crippen LogP contribution < -0.4 is 10.1 Å². The molecule has 4 heteroatoms. The van der Waals surface area contributed by atoms with E-state index in [0.29, 0.717) is 6.04 Å². The first-order valence-corrected chi connectivity index (χ1v) is 6.03. The van der Waals surface area contributed by atoms with Crippen molar-refractivity contribution in [2.45, 2.75) is 19.4 Å². The molecule has 0 amide bonds. The number of ether oxygens (including phenoxy) is 1. The Balaban J connectivity index is 2.16. The molecule has 1 aromatic heterocycles. The molecule has 0 bridgehead atoms. The van der Waals surface area contributed by atoms with E-state index in [0.717, 1.165) is 31.0 Å². The molecule has 1 fully saturated rings. The van der Waals surface area contributed by atoms with Crippen LogP contribution in [0.2, 0.25) is 0 Å². The number of fused-ring (bicyclic) bond motifs is 1. The molecule has 17 heavy (non-hydrogen) atoms. The third-order valence-electron chi connectivity index (χ3n) is 3.48. The van der Waals surface area contributed by atoms with Gasteiger partial charge >= 0.3 is 0 Å². The standard InChI is InChI=1S/C13H17N3O/c1-9-12-4-3-11(17-2)7-13(12)16(15-9)10-5-6-14-8-10/h3-4,7,10,14H,5-6,8H2,1-2H3. The van der Waals surface area contributed by atoms with E-state index in [1.807, 2.05) is 6.07 Å². The second kappa shape index (κ2) is 4.04. The third kappa shape index (κ3) is 1.69. The zero-order valence-electron chi connectivity index (χ0n) is 10.2. The molecule has 90 valence electrons. The van der Waals surface area contributed by atoms with Gasteiger partial charge in [-0.15, -0.1) is 0 Å². The van der Waals surface area contributed by atoms with E-state index >= 15 is 0 Å². The largest absolute Gasteiger partial charge is 0.497 e. The van der Waals surface area contributed by atoms with Crippen molar-refractivity contribution in [1.82, 2.24) is 15.1 Å². The van der Waals surface area contributed by atoms with E-state index in [2.05, 4.69) is 34.2 Å². The van der Waals surface area contributed by atoms with Crippen LogP contribution in [0.15, 0.2) is 18.2 Å². The Morgan fingerprint density at radius 1 is 1.47 bits per heavy atom. The summed E-state index contributed by atoms with van der Waals surface area (Å²) in [5.41, 5.74) is 2.27. The van der Waals surface area contributed by atoms with Gasteiger partial charge in [0.25, 0.3) is 0 Å². The van der Waals surface area contributed by atoms with Crippen molar-refractivity contribution >= 4 is 10.9 Å². The van der Waals surface area contributed by atoms with E-state index < -0.39 is 0 Å². The molecule has 1 saturated heterocycles. The Bertz CT molecular complexity index is 541. The smallest absolute Gasteiger partial charge is 0.121 e. The highest BCUT2D eigenvalue weighted by Crippen LogP contribution is 2.27. The van der Waals surface area contributed by atoms with Crippen LogP contribution >= 0.6 is 0 Å². The van der Waals surface area contributed by atoms with Crippen LogP contribution in [-0.2, 0) is 0 Å². The summed E-state index contributed by atoms with van der Waals surface area (Å²) in [6.07, 6.45) is 1.15. The number of hydrogen-bond donors (Lipinski definition) is 1. The fourth-order valence-corrected chi connectivity index (χ4v) is 2.53. The Kier molecular flexibility index (Phi) is 2.52. The molecule has 2 heterocycles. The number of nitrogens with zero attached hydrogens (tertiary/aromatic N) is 2. The highest BCUT2D eigenvalue weighted by atomic mass is 16.5. The molecule has 1 unspecified atom stereocenters. The van der Waals surface area contributed by atoms with Crippen molar-refractivity contribution in [2.24, 2.45) is 0 Å². The Morgan fingerprint density at radius 2 is 2.35 bits per heavy atom. The van der Waals surface area contributed by atoms with Gasteiger partial charge in [-0.05, 0) is 32.0 Å². The van der Waals surface area contributed by atoms with Crippen molar-refractivity contribution in [3.8, 4) is 5.75 Å². The average molecular weight is 231 g/mol. The fourth-order valence-electron chi connectivity index (χ4n) is 2.53. The van der Waals surface area contributed by atoms with Gasteiger partial charge in [0.15, 0.2) is 0 Å². The molecule has 1 aliphatic rings. The number of methoxy groups -OCH3 is 1. The lowest BCUT2D eigenvalue weighted by Gasteiger charge is -2.11. The van der Waals surface area contributed by atoms with Crippen LogP contribution in [0, 0.1) is 6.92 Å². The maximum absolute atomic E-state index is 5.29. The zero-order valence-corrected chi connectivity index (χ0v) is 10.2. The number of hydrogen-bond acceptors (Lipinski definition) is 3. The number of nitrogens with one attached hydrogen (secondary N) is 1. The van der Waals surface area contributed by atoms with E-state index in [1.165, 1.54) is 10.9 Å². The molecular formula is C13H17N3O. The maximum atomic E-state index is 5.29. The topological polar surface area (TPSA) is 39.1 Å². The summed E-state index contributed by atoms with van der Waals surface area (Å²) in [7, 11) is 1.70. The van der Waals surface area contributed by atoms with Crippen LogP contribution in [0.5, 0.6) is 5.75 Å². The van der Waals surface area contributed by atoms with E-state index in [-0.39, 0.29) is 0 Å². The van der Waals surface area contributed by atoms with Gasteiger partial charge in [-0.25, -0.2) is 0 Å². The van der Waals surface area contributed by atoms with Crippen LogP contribution in [0.4, 0.5) is 0 Å². The number of rotatable bonds is 2. The minimum absolute atomic E-state index is 0.471. The quantitative estimate of drug-likeness (QED) is 0.857. The van der Waals surface area contributed by atoms with E-state index in [1.54, 1.807) is 7.11 Å². The summed E-state index contributed by atoms with van der Waals surface area (Å²) >= 11 is 0. The first kappa shape index (κ1) is 10.6. The van der Waals surface area contributed by atoms with Crippen LogP contribution in [0.3, 0.4) is 0 Å². The first-order chi connectivity index (χ1) is 8.29. The van der Waals surface area contributed by atoms with Crippen molar-refractivity contribution in [3.05, 3.63) is 23.9 Å². The van der Waals surface area contributed by atoms with Gasteiger partial charge < -0.3 is 10.1 Å². The molecule has 1 atom stereocenters. The molecule has 1 N–H and O–H groups in total. The summed E-state index contributed by atoms with van der Waals surface area (Å²) < 4.78 is 7.44. The molecule has 0 radical (unpaired) electrons. The van der Waals surface area contributed by atoms with Gasteiger partial charge in [0.1, 0.15) is 5.75 Å². The van der Waals surface area contributed by atoms with Gasteiger partial charge in [0.05, 0.1) is 24.4 Å². The van der Waals surface area contributed by atoms with Gasteiger partial charge in [0, 0.05) is 18.0 Å². The monoisotopic (exact) mass is 231 g/mol. The molecule has 1 aromatic carbocycles. The lowest BCUT2D eigenvalue weighted by Crippen LogP contribution is -2.14. The third-order valence-corrected chi connectivity index (χ3v) is 3.48. The molecule has 0 saturated carbocycles. The van der Waals surface area contributed by atoms with Crippen molar-refractivity contribution < 1.29 is 4.74 Å². The van der Waals surface area contributed by atoms with Crippen molar-refractivity contribution in [2.75, 3.05) is 20.2 Å². The van der Waals surface area contributed by atoms with Crippen LogP contribution in [0.1, 0.15) is 18.2 Å². The summed E-state index contributed by atoms with van der Waals surface area (Å²) in [4.78, 5) is 0. The lowest BCUT2D eigenvalue weighted by molar-refractivity contribution is 0.414. The SMILES string of the molecule is COc1ccc2c(C)nn(C3CCNC3)c2c1. The predicted octanol–water partition coefficient (Wildman–Crippen LogP) is 1.89. The summed E-state index contributed by atoms with van der Waals surface area (Å²) in [5.74, 6) is 0.893. The van der Waals surface area contributed by atoms with Gasteiger partial charge in [-0.2, -0.15) is 5.10 Å². The average Bonchev–Trinajstić information content (AvgIpc) is 2.97. The number of aryl methyl sites for hydroxylation is 1. The minimum atomic E-state index is 0.471. The first-order valence-electron chi connectivity index (χ1n) is 6.03. The summed E-state index contributed by atoms with van der Waals surface area (Å²) in [5, 5.41) is 9.27. The summed E-state index contributed by atoms with van der Waals surface area (Å²) in [6, 6.07) is 6.63. The Labute approximate surface area is 101 Å². The zero-order chi connectivity index (χ0) is 11.8.